The third-order valence-corrected chi connectivity index (χ3v) is 2.50. The molecule has 1 aromatic rings. The van der Waals surface area contributed by atoms with E-state index in [9.17, 15) is 0 Å². The summed E-state index contributed by atoms with van der Waals surface area (Å²) < 4.78 is 2.08. The van der Waals surface area contributed by atoms with Gasteiger partial charge in [0.05, 0.1) is 12.2 Å². The maximum Gasteiger partial charge on any atom is 0.150 e. The number of nitrogens with zero attached hydrogens (tertiary/aromatic N) is 2. The Morgan fingerprint density at radius 3 is 2.64 bits per heavy atom. The fourth-order valence-corrected chi connectivity index (χ4v) is 1.77. The van der Waals surface area contributed by atoms with E-state index < -0.39 is 0 Å². The Hall–Kier alpha value is -0.540. The van der Waals surface area contributed by atoms with Crippen LogP contribution >= 0.6 is 11.6 Å². The number of aromatic nitrogens is 2. The Balaban J connectivity index is 2.92. The lowest BCUT2D eigenvalue weighted by Gasteiger charge is -2.07. The molecule has 0 fully saturated rings. The SMILES string of the molecule is CNCc1nc(Cl)c(CC(C)C)n1C. The molecule has 80 valence electrons. The van der Waals surface area contributed by atoms with Gasteiger partial charge in [-0.1, -0.05) is 25.4 Å². The second-order valence-electron chi connectivity index (χ2n) is 3.95. The van der Waals surface area contributed by atoms with Crippen LogP contribution in [0.4, 0.5) is 0 Å². The Morgan fingerprint density at radius 2 is 2.14 bits per heavy atom. The normalized spacial score (nSPS) is 11.3. The summed E-state index contributed by atoms with van der Waals surface area (Å²) in [7, 11) is 3.92. The zero-order valence-corrected chi connectivity index (χ0v) is 10.0. The zero-order valence-electron chi connectivity index (χ0n) is 9.26. The molecule has 0 amide bonds. The van der Waals surface area contributed by atoms with Crippen molar-refractivity contribution < 1.29 is 0 Å². The number of imidazole rings is 1. The van der Waals surface area contributed by atoms with Crippen molar-refractivity contribution in [3.05, 3.63) is 16.7 Å². The second kappa shape index (κ2) is 4.80. The standard InChI is InChI=1S/C10H18ClN3/c1-7(2)5-8-10(11)13-9(6-12-3)14(8)4/h7,12H,5-6H2,1-4H3. The van der Waals surface area contributed by atoms with Crippen LogP contribution in [0.5, 0.6) is 0 Å². The van der Waals surface area contributed by atoms with E-state index in [1.54, 1.807) is 0 Å². The van der Waals surface area contributed by atoms with Gasteiger partial charge in [-0.05, 0) is 19.4 Å². The van der Waals surface area contributed by atoms with Crippen LogP contribution < -0.4 is 5.32 Å². The van der Waals surface area contributed by atoms with E-state index in [-0.39, 0.29) is 0 Å². The molecular formula is C10H18ClN3. The van der Waals surface area contributed by atoms with E-state index in [2.05, 4.69) is 28.7 Å². The van der Waals surface area contributed by atoms with Crippen molar-refractivity contribution in [3.63, 3.8) is 0 Å². The summed E-state index contributed by atoms with van der Waals surface area (Å²) in [6, 6.07) is 0. The molecule has 0 radical (unpaired) electrons. The van der Waals surface area contributed by atoms with Gasteiger partial charge in [-0.2, -0.15) is 0 Å². The monoisotopic (exact) mass is 215 g/mol. The zero-order chi connectivity index (χ0) is 10.7. The molecule has 14 heavy (non-hydrogen) atoms. The molecule has 1 N–H and O–H groups in total. The number of halogens is 1. The second-order valence-corrected chi connectivity index (χ2v) is 4.31. The summed E-state index contributed by atoms with van der Waals surface area (Å²) in [6.07, 6.45) is 0.978. The van der Waals surface area contributed by atoms with Crippen molar-refractivity contribution in [1.29, 1.82) is 0 Å². The average molecular weight is 216 g/mol. The van der Waals surface area contributed by atoms with Gasteiger partial charge in [0.25, 0.3) is 0 Å². The third kappa shape index (κ3) is 2.49. The van der Waals surface area contributed by atoms with Crippen LogP contribution in [-0.2, 0) is 20.0 Å². The number of hydrogen-bond donors (Lipinski definition) is 1. The highest BCUT2D eigenvalue weighted by Gasteiger charge is 2.13. The number of hydrogen-bond acceptors (Lipinski definition) is 2. The largest absolute Gasteiger partial charge is 0.333 e. The first-order valence-corrected chi connectivity index (χ1v) is 5.28. The van der Waals surface area contributed by atoms with Gasteiger partial charge in [0.2, 0.25) is 0 Å². The first-order chi connectivity index (χ1) is 6.56. The van der Waals surface area contributed by atoms with E-state index in [4.69, 9.17) is 11.6 Å². The van der Waals surface area contributed by atoms with E-state index >= 15 is 0 Å². The van der Waals surface area contributed by atoms with Crippen LogP contribution in [0, 0.1) is 5.92 Å². The molecule has 0 spiro atoms. The van der Waals surface area contributed by atoms with Gasteiger partial charge in [0.15, 0.2) is 5.15 Å². The average Bonchev–Trinajstić information content (AvgIpc) is 2.33. The summed E-state index contributed by atoms with van der Waals surface area (Å²) in [4.78, 5) is 4.32. The molecule has 0 aliphatic carbocycles. The Kier molecular flexibility index (Phi) is 3.96. The highest BCUT2D eigenvalue weighted by molar-refractivity contribution is 6.30. The molecule has 1 aromatic heterocycles. The Bertz CT molecular complexity index is 305. The summed E-state index contributed by atoms with van der Waals surface area (Å²) in [6.45, 7) is 5.12. The Labute approximate surface area is 90.5 Å². The van der Waals surface area contributed by atoms with Crippen LogP contribution in [0.25, 0.3) is 0 Å². The molecule has 4 heteroatoms. The van der Waals surface area contributed by atoms with E-state index in [1.807, 2.05) is 14.1 Å². The quantitative estimate of drug-likeness (QED) is 0.833. The van der Waals surface area contributed by atoms with Gasteiger partial charge in [-0.15, -0.1) is 0 Å². The van der Waals surface area contributed by atoms with Crippen LogP contribution in [0.1, 0.15) is 25.4 Å². The van der Waals surface area contributed by atoms with Gasteiger partial charge < -0.3 is 9.88 Å². The smallest absolute Gasteiger partial charge is 0.150 e. The molecule has 0 aliphatic rings. The fourth-order valence-electron chi connectivity index (χ4n) is 1.47. The predicted molar refractivity (Wildman–Crippen MR) is 59.5 cm³/mol. The van der Waals surface area contributed by atoms with Crippen LogP contribution in [0.2, 0.25) is 5.15 Å². The van der Waals surface area contributed by atoms with Crippen LogP contribution in [-0.4, -0.2) is 16.6 Å². The molecule has 0 atom stereocenters. The molecule has 0 aliphatic heterocycles. The van der Waals surface area contributed by atoms with Crippen molar-refractivity contribution >= 4 is 11.6 Å². The molecule has 0 saturated carbocycles. The highest BCUT2D eigenvalue weighted by atomic mass is 35.5. The van der Waals surface area contributed by atoms with E-state index in [0.29, 0.717) is 11.1 Å². The summed E-state index contributed by atoms with van der Waals surface area (Å²) in [5.41, 5.74) is 1.13. The molecule has 1 heterocycles. The molecule has 0 unspecified atom stereocenters. The van der Waals surface area contributed by atoms with Crippen molar-refractivity contribution in [1.82, 2.24) is 14.9 Å². The van der Waals surface area contributed by atoms with E-state index in [0.717, 1.165) is 24.5 Å². The van der Waals surface area contributed by atoms with Crippen molar-refractivity contribution in [2.45, 2.75) is 26.8 Å². The lowest BCUT2D eigenvalue weighted by atomic mass is 10.1. The van der Waals surface area contributed by atoms with Crippen LogP contribution in [0.15, 0.2) is 0 Å². The minimum absolute atomic E-state index is 0.602. The maximum absolute atomic E-state index is 6.07. The van der Waals surface area contributed by atoms with Crippen molar-refractivity contribution in [3.8, 4) is 0 Å². The summed E-state index contributed by atoms with van der Waals surface area (Å²) in [5.74, 6) is 1.60. The number of nitrogens with one attached hydrogen (secondary N) is 1. The van der Waals surface area contributed by atoms with Crippen molar-refractivity contribution in [2.75, 3.05) is 7.05 Å². The molecular weight excluding hydrogens is 198 g/mol. The predicted octanol–water partition coefficient (Wildman–Crippen LogP) is 1.99. The molecule has 0 bridgehead atoms. The summed E-state index contributed by atoms with van der Waals surface area (Å²) >= 11 is 6.07. The molecule has 0 aromatic carbocycles. The van der Waals surface area contributed by atoms with Gasteiger partial charge >= 0.3 is 0 Å². The van der Waals surface area contributed by atoms with Gasteiger partial charge in [-0.25, -0.2) is 4.98 Å². The summed E-state index contributed by atoms with van der Waals surface area (Å²) in [5, 5.41) is 3.72. The van der Waals surface area contributed by atoms with Gasteiger partial charge in [-0.3, -0.25) is 0 Å². The lowest BCUT2D eigenvalue weighted by molar-refractivity contribution is 0.604. The molecule has 1 rings (SSSR count). The van der Waals surface area contributed by atoms with Gasteiger partial charge in [0, 0.05) is 7.05 Å². The van der Waals surface area contributed by atoms with Gasteiger partial charge in [0.1, 0.15) is 5.82 Å². The topological polar surface area (TPSA) is 29.9 Å². The third-order valence-electron chi connectivity index (χ3n) is 2.19. The lowest BCUT2D eigenvalue weighted by Crippen LogP contribution is -2.12. The molecule has 3 nitrogen and oxygen atoms in total. The Morgan fingerprint density at radius 1 is 1.50 bits per heavy atom. The first-order valence-electron chi connectivity index (χ1n) is 4.90. The fraction of sp³-hybridized carbons (Fsp3) is 0.700. The van der Waals surface area contributed by atoms with Crippen molar-refractivity contribution in [2.24, 2.45) is 13.0 Å². The highest BCUT2D eigenvalue weighted by Crippen LogP contribution is 2.19. The molecule has 0 saturated heterocycles. The van der Waals surface area contributed by atoms with Crippen LogP contribution in [0.3, 0.4) is 0 Å². The first kappa shape index (κ1) is 11.5. The minimum atomic E-state index is 0.602. The van der Waals surface area contributed by atoms with E-state index in [1.165, 1.54) is 0 Å². The number of rotatable bonds is 4. The maximum atomic E-state index is 6.07. The minimum Gasteiger partial charge on any atom is -0.333 e.